The lowest BCUT2D eigenvalue weighted by Gasteiger charge is -2.28. The zero-order valence-electron chi connectivity index (χ0n) is 16.1. The zero-order valence-corrected chi connectivity index (χ0v) is 16.9. The number of rotatable bonds is 4. The van der Waals surface area contributed by atoms with Gasteiger partial charge in [0, 0.05) is 23.4 Å². The van der Waals surface area contributed by atoms with Gasteiger partial charge in [0.25, 0.3) is 5.56 Å². The van der Waals surface area contributed by atoms with E-state index in [9.17, 15) is 18.4 Å². The van der Waals surface area contributed by atoms with Gasteiger partial charge in [0.2, 0.25) is 5.91 Å². The van der Waals surface area contributed by atoms with E-state index >= 15 is 0 Å². The SMILES string of the molecule is O=C(Cc1cccc(F)c1F)N1CCc2nc(C3(c4cccs4)CC3)[nH]c(=O)c2C1. The minimum Gasteiger partial charge on any atom is -0.337 e. The van der Waals surface area contributed by atoms with Crippen LogP contribution in [0.4, 0.5) is 8.78 Å². The Bertz CT molecular complexity index is 1190. The molecule has 1 amide bonds. The van der Waals surface area contributed by atoms with Crippen molar-refractivity contribution in [1.82, 2.24) is 14.9 Å². The molecule has 1 fully saturated rings. The predicted molar refractivity (Wildman–Crippen MR) is 108 cm³/mol. The second-order valence-electron chi connectivity index (χ2n) is 7.85. The van der Waals surface area contributed by atoms with Crippen molar-refractivity contribution in [1.29, 1.82) is 0 Å². The number of H-pyrrole nitrogens is 1. The van der Waals surface area contributed by atoms with Gasteiger partial charge in [0.1, 0.15) is 5.82 Å². The average Bonchev–Trinajstić information content (AvgIpc) is 3.37. The molecule has 0 bridgehead atoms. The molecular weight excluding hydrogens is 408 g/mol. The number of carbonyl (C=O) groups excluding carboxylic acids is 1. The van der Waals surface area contributed by atoms with Crippen LogP contribution in [0, 0.1) is 11.6 Å². The molecule has 0 unspecified atom stereocenters. The van der Waals surface area contributed by atoms with Crippen molar-refractivity contribution in [2.75, 3.05) is 6.54 Å². The van der Waals surface area contributed by atoms with Crippen LogP contribution in [-0.2, 0) is 29.6 Å². The van der Waals surface area contributed by atoms with E-state index in [1.807, 2.05) is 11.4 Å². The summed E-state index contributed by atoms with van der Waals surface area (Å²) in [5, 5.41) is 2.02. The third-order valence-electron chi connectivity index (χ3n) is 5.99. The number of carbonyl (C=O) groups is 1. The lowest BCUT2D eigenvalue weighted by atomic mass is 10.0. The van der Waals surface area contributed by atoms with Gasteiger partial charge in [-0.2, -0.15) is 0 Å². The highest BCUT2D eigenvalue weighted by molar-refractivity contribution is 7.10. The van der Waals surface area contributed by atoms with Crippen LogP contribution < -0.4 is 5.56 Å². The number of benzene rings is 1. The first-order valence-corrected chi connectivity index (χ1v) is 10.7. The van der Waals surface area contributed by atoms with Gasteiger partial charge >= 0.3 is 0 Å². The summed E-state index contributed by atoms with van der Waals surface area (Å²) in [5.41, 5.74) is 0.786. The molecule has 1 saturated carbocycles. The highest BCUT2D eigenvalue weighted by atomic mass is 32.1. The molecule has 1 N–H and O–H groups in total. The van der Waals surface area contributed by atoms with Gasteiger partial charge < -0.3 is 9.88 Å². The molecule has 2 aliphatic rings. The Morgan fingerprint density at radius 1 is 1.23 bits per heavy atom. The molecule has 30 heavy (non-hydrogen) atoms. The Morgan fingerprint density at radius 2 is 2.07 bits per heavy atom. The number of fused-ring (bicyclic) bond motifs is 1. The second-order valence-corrected chi connectivity index (χ2v) is 8.80. The fourth-order valence-electron chi connectivity index (χ4n) is 4.10. The lowest BCUT2D eigenvalue weighted by molar-refractivity contribution is -0.131. The molecule has 5 nitrogen and oxygen atoms in total. The minimum absolute atomic E-state index is 0.0137. The van der Waals surface area contributed by atoms with E-state index in [1.165, 1.54) is 21.9 Å². The third kappa shape index (κ3) is 3.15. The van der Waals surface area contributed by atoms with E-state index < -0.39 is 11.6 Å². The van der Waals surface area contributed by atoms with Crippen molar-refractivity contribution in [2.24, 2.45) is 0 Å². The Balaban J connectivity index is 1.38. The van der Waals surface area contributed by atoms with Gasteiger partial charge in [-0.25, -0.2) is 13.8 Å². The molecule has 0 radical (unpaired) electrons. The van der Waals surface area contributed by atoms with Crippen molar-refractivity contribution in [2.45, 2.75) is 37.6 Å². The molecule has 0 atom stereocenters. The molecule has 3 heterocycles. The van der Waals surface area contributed by atoms with Crippen molar-refractivity contribution in [3.05, 3.63) is 85.2 Å². The first kappa shape index (κ1) is 19.1. The molecule has 1 aromatic carbocycles. The van der Waals surface area contributed by atoms with Crippen LogP contribution in [0.15, 0.2) is 40.5 Å². The van der Waals surface area contributed by atoms with E-state index in [4.69, 9.17) is 4.98 Å². The van der Waals surface area contributed by atoms with Crippen LogP contribution in [-0.4, -0.2) is 27.3 Å². The standard InChI is InChI=1S/C22H19F2N3O2S/c23-15-4-1-3-13(19(15)24)11-18(28)27-9-6-16-14(12-27)20(29)26-21(25-16)22(7-8-22)17-5-2-10-30-17/h1-5,10H,6-9,11-12H2,(H,25,26,29). The Morgan fingerprint density at radius 3 is 2.80 bits per heavy atom. The minimum atomic E-state index is -1.00. The fourth-order valence-corrected chi connectivity index (χ4v) is 5.09. The summed E-state index contributed by atoms with van der Waals surface area (Å²) in [4.78, 5) is 35.9. The summed E-state index contributed by atoms with van der Waals surface area (Å²) in [6.45, 7) is 0.518. The first-order chi connectivity index (χ1) is 14.5. The largest absolute Gasteiger partial charge is 0.337 e. The Labute approximate surface area is 175 Å². The number of aromatic nitrogens is 2. The van der Waals surface area contributed by atoms with Gasteiger partial charge in [-0.05, 0) is 30.4 Å². The van der Waals surface area contributed by atoms with Crippen LogP contribution >= 0.6 is 11.3 Å². The topological polar surface area (TPSA) is 66.1 Å². The predicted octanol–water partition coefficient (Wildman–Crippen LogP) is 3.32. The van der Waals surface area contributed by atoms with E-state index in [0.29, 0.717) is 24.4 Å². The highest BCUT2D eigenvalue weighted by Gasteiger charge is 2.49. The van der Waals surface area contributed by atoms with E-state index in [2.05, 4.69) is 11.1 Å². The number of aromatic amines is 1. The van der Waals surface area contributed by atoms with Crippen molar-refractivity contribution in [3.63, 3.8) is 0 Å². The van der Waals surface area contributed by atoms with Crippen LogP contribution in [0.25, 0.3) is 0 Å². The van der Waals surface area contributed by atoms with Crippen molar-refractivity contribution in [3.8, 4) is 0 Å². The normalized spacial score (nSPS) is 16.9. The Kier molecular flexibility index (Phi) is 4.54. The fraction of sp³-hybridized carbons (Fsp3) is 0.318. The van der Waals surface area contributed by atoms with Crippen molar-refractivity contribution < 1.29 is 13.6 Å². The van der Waals surface area contributed by atoms with E-state index in [0.717, 1.165) is 24.6 Å². The number of hydrogen-bond donors (Lipinski definition) is 1. The van der Waals surface area contributed by atoms with Gasteiger partial charge in [0.05, 0.1) is 29.6 Å². The molecule has 0 spiro atoms. The molecule has 5 rings (SSSR count). The quantitative estimate of drug-likeness (QED) is 0.695. The molecule has 1 aliphatic heterocycles. The second kappa shape index (κ2) is 7.12. The van der Waals surface area contributed by atoms with Crippen LogP contribution in [0.3, 0.4) is 0 Å². The number of amides is 1. The van der Waals surface area contributed by atoms with E-state index in [-0.39, 0.29) is 35.4 Å². The lowest BCUT2D eigenvalue weighted by Crippen LogP contribution is -2.41. The maximum Gasteiger partial charge on any atom is 0.256 e. The van der Waals surface area contributed by atoms with Crippen LogP contribution in [0.1, 0.15) is 40.4 Å². The highest BCUT2D eigenvalue weighted by Crippen LogP contribution is 2.53. The summed E-state index contributed by atoms with van der Waals surface area (Å²) < 4.78 is 27.3. The van der Waals surface area contributed by atoms with Gasteiger partial charge in [0.15, 0.2) is 11.6 Å². The average molecular weight is 427 g/mol. The first-order valence-electron chi connectivity index (χ1n) is 9.85. The summed E-state index contributed by atoms with van der Waals surface area (Å²) in [6.07, 6.45) is 2.13. The van der Waals surface area contributed by atoms with Crippen LogP contribution in [0.2, 0.25) is 0 Å². The monoisotopic (exact) mass is 427 g/mol. The number of halogens is 2. The number of nitrogens with zero attached hydrogens (tertiary/aromatic N) is 2. The summed E-state index contributed by atoms with van der Waals surface area (Å²) in [7, 11) is 0. The molecule has 1 aliphatic carbocycles. The third-order valence-corrected chi connectivity index (χ3v) is 7.06. The van der Waals surface area contributed by atoms with E-state index in [1.54, 1.807) is 11.3 Å². The number of hydrogen-bond acceptors (Lipinski definition) is 4. The zero-order chi connectivity index (χ0) is 20.9. The summed E-state index contributed by atoms with van der Waals surface area (Å²) >= 11 is 1.67. The maximum absolute atomic E-state index is 13.9. The van der Waals surface area contributed by atoms with Crippen molar-refractivity contribution >= 4 is 17.2 Å². The smallest absolute Gasteiger partial charge is 0.256 e. The van der Waals surface area contributed by atoms with Gasteiger partial charge in [-0.1, -0.05) is 18.2 Å². The Hall–Kier alpha value is -2.87. The maximum atomic E-state index is 13.9. The molecule has 3 aromatic rings. The molecule has 2 aromatic heterocycles. The molecular formula is C22H19F2N3O2S. The molecule has 8 heteroatoms. The summed E-state index contributed by atoms with van der Waals surface area (Å²) in [6, 6.07) is 7.87. The molecule has 0 saturated heterocycles. The van der Waals surface area contributed by atoms with Gasteiger partial charge in [-0.15, -0.1) is 11.3 Å². The molecule has 154 valence electrons. The van der Waals surface area contributed by atoms with Gasteiger partial charge in [-0.3, -0.25) is 9.59 Å². The summed E-state index contributed by atoms with van der Waals surface area (Å²) in [5.74, 6) is -1.62. The number of thiophene rings is 1. The van der Waals surface area contributed by atoms with Crippen LogP contribution in [0.5, 0.6) is 0 Å². The number of nitrogens with one attached hydrogen (secondary N) is 1.